The number of rotatable bonds is 5. The quantitative estimate of drug-likeness (QED) is 0.525. The molecule has 0 unspecified atom stereocenters. The summed E-state index contributed by atoms with van der Waals surface area (Å²) in [4.78, 5) is 12.6. The number of carbonyl (C=O) groups excluding carboxylic acids is 1. The van der Waals surface area contributed by atoms with Gasteiger partial charge in [0.25, 0.3) is 10.0 Å². The summed E-state index contributed by atoms with van der Waals surface area (Å²) in [5.41, 5.74) is 2.42. The van der Waals surface area contributed by atoms with Gasteiger partial charge in [0.1, 0.15) is 4.21 Å². The number of hydrogen-bond donors (Lipinski definition) is 1. The molecule has 1 fully saturated rings. The first-order chi connectivity index (χ1) is 14.0. The Balaban J connectivity index is 1.53. The average Bonchev–Trinajstić information content (AvgIpc) is 3.05. The van der Waals surface area contributed by atoms with Gasteiger partial charge in [-0.25, -0.2) is 8.42 Å². The van der Waals surface area contributed by atoms with Crippen molar-refractivity contribution in [2.75, 3.05) is 13.1 Å². The molecule has 0 saturated carbocycles. The van der Waals surface area contributed by atoms with Crippen molar-refractivity contribution in [1.82, 2.24) is 9.62 Å². The smallest absolute Gasteiger partial charge is 0.252 e. The zero-order valence-corrected chi connectivity index (χ0v) is 22.0. The van der Waals surface area contributed by atoms with E-state index in [0.717, 1.165) is 13.8 Å². The van der Waals surface area contributed by atoms with Gasteiger partial charge < -0.3 is 5.32 Å². The lowest BCUT2D eigenvalue weighted by molar-refractivity contribution is -0.126. The molecule has 1 aliphatic heterocycles. The molecular weight excluding hydrogens is 552 g/mol. The molecule has 0 bridgehead atoms. The SMILES string of the molecule is CC(C)(C)c1ccc(CNC(=O)C2CCN(S(=O)(=O)c3cc(Br)c(Br)s3)CC2)cc1. The number of benzene rings is 1. The summed E-state index contributed by atoms with van der Waals surface area (Å²) in [6.45, 7) is 7.71. The van der Waals surface area contributed by atoms with Gasteiger partial charge in [0.15, 0.2) is 0 Å². The number of carbonyl (C=O) groups is 1. The van der Waals surface area contributed by atoms with Gasteiger partial charge in [-0.05, 0) is 67.3 Å². The molecule has 2 aromatic rings. The van der Waals surface area contributed by atoms with Crippen LogP contribution >= 0.6 is 43.2 Å². The average molecular weight is 578 g/mol. The molecule has 1 amide bonds. The molecule has 1 aromatic heterocycles. The minimum Gasteiger partial charge on any atom is -0.352 e. The van der Waals surface area contributed by atoms with Crippen LogP contribution in [0.2, 0.25) is 0 Å². The van der Waals surface area contributed by atoms with E-state index in [1.54, 1.807) is 6.07 Å². The third kappa shape index (κ3) is 5.54. The van der Waals surface area contributed by atoms with E-state index in [1.165, 1.54) is 21.2 Å². The monoisotopic (exact) mass is 576 g/mol. The van der Waals surface area contributed by atoms with Crippen molar-refractivity contribution in [3.63, 3.8) is 0 Å². The van der Waals surface area contributed by atoms with Crippen molar-refractivity contribution < 1.29 is 13.2 Å². The Morgan fingerprint density at radius 3 is 2.27 bits per heavy atom. The number of thiophene rings is 1. The number of hydrogen-bond acceptors (Lipinski definition) is 4. The van der Waals surface area contributed by atoms with Crippen LogP contribution in [0.1, 0.15) is 44.7 Å². The number of halogens is 2. The number of sulfonamides is 1. The summed E-state index contributed by atoms with van der Waals surface area (Å²) >= 11 is 7.88. The summed E-state index contributed by atoms with van der Waals surface area (Å²) < 4.78 is 28.9. The van der Waals surface area contributed by atoms with Gasteiger partial charge in [-0.15, -0.1) is 11.3 Å². The summed E-state index contributed by atoms with van der Waals surface area (Å²) in [7, 11) is -3.52. The van der Waals surface area contributed by atoms with Crippen LogP contribution in [0.5, 0.6) is 0 Å². The predicted octanol–water partition coefficient (Wildman–Crippen LogP) is 5.29. The third-order valence-corrected chi connectivity index (χ3v) is 10.9. The van der Waals surface area contributed by atoms with E-state index in [0.29, 0.717) is 36.7 Å². The first kappa shape index (κ1) is 23.9. The summed E-state index contributed by atoms with van der Waals surface area (Å²) in [6.07, 6.45) is 1.06. The lowest BCUT2D eigenvalue weighted by atomic mass is 9.87. The van der Waals surface area contributed by atoms with Crippen molar-refractivity contribution in [1.29, 1.82) is 0 Å². The zero-order valence-electron chi connectivity index (χ0n) is 17.2. The zero-order chi connectivity index (χ0) is 22.1. The summed E-state index contributed by atoms with van der Waals surface area (Å²) in [5, 5.41) is 3.01. The van der Waals surface area contributed by atoms with E-state index in [4.69, 9.17) is 0 Å². The van der Waals surface area contributed by atoms with Crippen molar-refractivity contribution in [3.05, 3.63) is 49.7 Å². The molecule has 1 saturated heterocycles. The molecule has 30 heavy (non-hydrogen) atoms. The van der Waals surface area contributed by atoms with Crippen molar-refractivity contribution in [2.24, 2.45) is 5.92 Å². The topological polar surface area (TPSA) is 66.5 Å². The highest BCUT2D eigenvalue weighted by molar-refractivity contribution is 9.13. The Bertz CT molecular complexity index is 984. The number of nitrogens with one attached hydrogen (secondary N) is 1. The molecule has 1 aliphatic rings. The third-order valence-electron chi connectivity index (χ3n) is 5.33. The van der Waals surface area contributed by atoms with Crippen molar-refractivity contribution in [3.8, 4) is 0 Å². The lowest BCUT2D eigenvalue weighted by Gasteiger charge is -2.30. The molecule has 9 heteroatoms. The standard InChI is InChI=1S/C21H26Br2N2O3S2/c1-21(2,3)16-6-4-14(5-7-16)13-24-20(26)15-8-10-25(11-9-15)30(27,28)18-12-17(22)19(23)29-18/h4-7,12,15H,8-11,13H2,1-3H3,(H,24,26). The van der Waals surface area contributed by atoms with Crippen molar-refractivity contribution >= 4 is 59.1 Å². The summed E-state index contributed by atoms with van der Waals surface area (Å²) in [6, 6.07) is 9.92. The van der Waals surface area contributed by atoms with Gasteiger partial charge in [0, 0.05) is 30.0 Å². The van der Waals surface area contributed by atoms with Gasteiger partial charge in [0.05, 0.1) is 3.79 Å². The number of amides is 1. The fraction of sp³-hybridized carbons (Fsp3) is 0.476. The predicted molar refractivity (Wildman–Crippen MR) is 128 cm³/mol. The highest BCUT2D eigenvalue weighted by Crippen LogP contribution is 2.37. The second-order valence-corrected chi connectivity index (χ2v) is 13.9. The highest BCUT2D eigenvalue weighted by atomic mass is 79.9. The fourth-order valence-electron chi connectivity index (χ4n) is 3.40. The van der Waals surface area contributed by atoms with Crippen molar-refractivity contribution in [2.45, 2.75) is 49.8 Å². The first-order valence-electron chi connectivity index (χ1n) is 9.80. The molecular formula is C21H26Br2N2O3S2. The van der Waals surface area contributed by atoms with Crippen LogP contribution in [0.4, 0.5) is 0 Å². The molecule has 0 spiro atoms. The van der Waals surface area contributed by atoms with Crippen LogP contribution in [0.25, 0.3) is 0 Å². The molecule has 164 valence electrons. The molecule has 0 radical (unpaired) electrons. The molecule has 5 nitrogen and oxygen atoms in total. The van der Waals surface area contributed by atoms with E-state index >= 15 is 0 Å². The Hall–Kier alpha value is -0.740. The van der Waals surface area contributed by atoms with E-state index in [1.807, 2.05) is 12.1 Å². The van der Waals surface area contributed by atoms with Crippen LogP contribution in [-0.2, 0) is 26.8 Å². The van der Waals surface area contributed by atoms with Crippen LogP contribution in [0, 0.1) is 5.92 Å². The van der Waals surface area contributed by atoms with Crippen LogP contribution in [0.15, 0.2) is 42.8 Å². The van der Waals surface area contributed by atoms with Crippen LogP contribution in [-0.4, -0.2) is 31.7 Å². The molecule has 2 heterocycles. The Morgan fingerprint density at radius 1 is 1.17 bits per heavy atom. The summed E-state index contributed by atoms with van der Waals surface area (Å²) in [5.74, 6) is -0.166. The minimum absolute atomic E-state index is 0.00596. The largest absolute Gasteiger partial charge is 0.352 e. The first-order valence-corrected chi connectivity index (χ1v) is 13.6. The minimum atomic E-state index is -3.52. The normalized spacial score (nSPS) is 16.6. The van der Waals surface area contributed by atoms with Gasteiger partial charge in [0.2, 0.25) is 5.91 Å². The second-order valence-electron chi connectivity index (χ2n) is 8.53. The highest BCUT2D eigenvalue weighted by Gasteiger charge is 2.33. The maximum Gasteiger partial charge on any atom is 0.252 e. The number of piperidine rings is 1. The number of nitrogens with zero attached hydrogens (tertiary/aromatic N) is 1. The Morgan fingerprint density at radius 2 is 1.77 bits per heavy atom. The van der Waals surface area contributed by atoms with Crippen LogP contribution in [0.3, 0.4) is 0 Å². The fourth-order valence-corrected chi connectivity index (χ4v) is 7.84. The van der Waals surface area contributed by atoms with Gasteiger partial charge in [-0.2, -0.15) is 4.31 Å². The molecule has 0 atom stereocenters. The lowest BCUT2D eigenvalue weighted by Crippen LogP contribution is -2.42. The Labute approximate surface area is 199 Å². The molecule has 1 N–H and O–H groups in total. The Kier molecular flexibility index (Phi) is 7.49. The van der Waals surface area contributed by atoms with Gasteiger partial charge >= 0.3 is 0 Å². The maximum absolute atomic E-state index is 12.8. The van der Waals surface area contributed by atoms with E-state index in [2.05, 4.69) is 70.1 Å². The van der Waals surface area contributed by atoms with E-state index in [9.17, 15) is 13.2 Å². The molecule has 1 aromatic carbocycles. The van der Waals surface area contributed by atoms with Gasteiger partial charge in [-0.1, -0.05) is 45.0 Å². The van der Waals surface area contributed by atoms with Gasteiger partial charge in [-0.3, -0.25) is 4.79 Å². The second kappa shape index (κ2) is 9.40. The molecule has 3 rings (SSSR count). The van der Waals surface area contributed by atoms with Crippen LogP contribution < -0.4 is 5.32 Å². The van der Waals surface area contributed by atoms with E-state index < -0.39 is 10.0 Å². The maximum atomic E-state index is 12.8. The van der Waals surface area contributed by atoms with E-state index in [-0.39, 0.29) is 17.2 Å². The molecule has 0 aliphatic carbocycles.